The lowest BCUT2D eigenvalue weighted by Crippen LogP contribution is -2.25. The van der Waals surface area contributed by atoms with Gasteiger partial charge in [0.25, 0.3) is 0 Å². The van der Waals surface area contributed by atoms with Gasteiger partial charge in [0.1, 0.15) is 11.9 Å². The predicted octanol–water partition coefficient (Wildman–Crippen LogP) is 5.09. The molecule has 3 aromatic rings. The maximum absolute atomic E-state index is 6.42. The van der Waals surface area contributed by atoms with Gasteiger partial charge in [-0.2, -0.15) is 0 Å². The fraction of sp³-hybridized carbons (Fsp3) is 0.500. The molecule has 4 rings (SSSR count). The molecule has 2 atom stereocenters. The van der Waals surface area contributed by atoms with Crippen molar-refractivity contribution in [3.8, 4) is 16.2 Å². The zero-order valence-corrected chi connectivity index (χ0v) is 17.3. The lowest BCUT2D eigenvalue weighted by molar-refractivity contribution is 0.163. The van der Waals surface area contributed by atoms with Crippen LogP contribution in [0, 0.1) is 5.92 Å². The number of nitrogens with one attached hydrogen (secondary N) is 1. The van der Waals surface area contributed by atoms with Gasteiger partial charge >= 0.3 is 0 Å². The first kappa shape index (κ1) is 17.9. The summed E-state index contributed by atoms with van der Waals surface area (Å²) in [4.78, 5) is 10.3. The molecule has 1 aromatic carbocycles. The minimum Gasteiger partial charge on any atom is -0.489 e. The van der Waals surface area contributed by atoms with E-state index in [1.807, 2.05) is 11.7 Å². The van der Waals surface area contributed by atoms with Gasteiger partial charge in [-0.05, 0) is 37.6 Å². The van der Waals surface area contributed by atoms with Crippen LogP contribution >= 0.6 is 22.7 Å². The third-order valence-electron chi connectivity index (χ3n) is 4.90. The molecule has 0 saturated carbocycles. The van der Waals surface area contributed by atoms with E-state index in [9.17, 15) is 0 Å². The van der Waals surface area contributed by atoms with Crippen LogP contribution in [0.15, 0.2) is 23.8 Å². The van der Waals surface area contributed by atoms with Gasteiger partial charge < -0.3 is 10.1 Å². The molecule has 0 bridgehead atoms. The zero-order valence-electron chi connectivity index (χ0n) is 15.7. The number of hydrogen-bond donors (Lipinski definition) is 1. The standard InChI is InChI=1S/C20H25N3OS2/c1-12(13-5-6-21-9-13)24-16-8-14(7-15-18(16)25-11-23-15)17-10-22-19(26-17)20(2,3)4/h7-8,10-13,21H,5-6,9H2,1-4H3/t12-,13-/m0/s1. The molecule has 1 saturated heterocycles. The molecule has 0 unspecified atom stereocenters. The molecule has 6 heteroatoms. The smallest absolute Gasteiger partial charge is 0.139 e. The first-order valence-corrected chi connectivity index (χ1v) is 10.8. The third-order valence-corrected chi connectivity index (χ3v) is 7.23. The van der Waals surface area contributed by atoms with E-state index in [-0.39, 0.29) is 11.5 Å². The van der Waals surface area contributed by atoms with Crippen LogP contribution in [-0.4, -0.2) is 29.2 Å². The lowest BCUT2D eigenvalue weighted by Gasteiger charge is -2.21. The molecule has 1 fully saturated rings. The lowest BCUT2D eigenvalue weighted by atomic mass is 9.98. The van der Waals surface area contributed by atoms with Gasteiger partial charge in [-0.3, -0.25) is 0 Å². The molecular weight excluding hydrogens is 362 g/mol. The molecule has 0 aliphatic carbocycles. The molecule has 0 radical (unpaired) electrons. The molecule has 2 aromatic heterocycles. The van der Waals surface area contributed by atoms with Crippen LogP contribution in [0.5, 0.6) is 5.75 Å². The zero-order chi connectivity index (χ0) is 18.3. The topological polar surface area (TPSA) is 47.0 Å². The van der Waals surface area contributed by atoms with E-state index in [1.54, 1.807) is 22.7 Å². The van der Waals surface area contributed by atoms with Crippen molar-refractivity contribution in [2.45, 2.75) is 45.6 Å². The SMILES string of the molecule is C[C@H](Oc1cc(-c2cnc(C(C)(C)C)s2)cc2ncsc12)[C@H]1CCNC1. The van der Waals surface area contributed by atoms with Crippen LogP contribution in [0.4, 0.5) is 0 Å². The van der Waals surface area contributed by atoms with Crippen molar-refractivity contribution >= 4 is 32.9 Å². The van der Waals surface area contributed by atoms with E-state index in [2.05, 4.69) is 55.1 Å². The number of thiazole rings is 2. The average molecular weight is 388 g/mol. The molecule has 26 heavy (non-hydrogen) atoms. The van der Waals surface area contributed by atoms with Crippen LogP contribution in [0.3, 0.4) is 0 Å². The number of fused-ring (bicyclic) bond motifs is 1. The Balaban J connectivity index is 1.69. The molecule has 1 aliphatic heterocycles. The molecule has 3 heterocycles. The van der Waals surface area contributed by atoms with Crippen LogP contribution in [-0.2, 0) is 5.41 Å². The first-order chi connectivity index (χ1) is 12.4. The second kappa shape index (κ2) is 6.91. The molecule has 138 valence electrons. The predicted molar refractivity (Wildman–Crippen MR) is 110 cm³/mol. The summed E-state index contributed by atoms with van der Waals surface area (Å²) in [7, 11) is 0. The minimum absolute atomic E-state index is 0.0664. The van der Waals surface area contributed by atoms with Gasteiger partial charge in [-0.15, -0.1) is 22.7 Å². The maximum Gasteiger partial charge on any atom is 0.139 e. The average Bonchev–Trinajstić information content (AvgIpc) is 3.33. The monoisotopic (exact) mass is 387 g/mol. The number of nitrogens with zero attached hydrogens (tertiary/aromatic N) is 2. The second-order valence-corrected chi connectivity index (χ2v) is 9.92. The highest BCUT2D eigenvalue weighted by atomic mass is 32.1. The Morgan fingerprint density at radius 1 is 1.27 bits per heavy atom. The van der Waals surface area contributed by atoms with Crippen molar-refractivity contribution in [3.63, 3.8) is 0 Å². The van der Waals surface area contributed by atoms with Gasteiger partial charge in [0.05, 0.1) is 25.6 Å². The Hall–Kier alpha value is -1.50. The Bertz CT molecular complexity index is 903. The van der Waals surface area contributed by atoms with E-state index in [0.717, 1.165) is 39.6 Å². The summed E-state index contributed by atoms with van der Waals surface area (Å²) in [5.74, 6) is 1.52. The number of rotatable bonds is 4. The molecule has 0 amide bonds. The van der Waals surface area contributed by atoms with E-state index in [0.29, 0.717) is 5.92 Å². The maximum atomic E-state index is 6.42. The van der Waals surface area contributed by atoms with Gasteiger partial charge in [-0.1, -0.05) is 20.8 Å². The van der Waals surface area contributed by atoms with E-state index in [1.165, 1.54) is 11.3 Å². The Kier molecular flexibility index (Phi) is 4.75. The number of hydrogen-bond acceptors (Lipinski definition) is 6. The molecule has 1 aliphatic rings. The molecule has 4 nitrogen and oxygen atoms in total. The van der Waals surface area contributed by atoms with E-state index in [4.69, 9.17) is 4.74 Å². The first-order valence-electron chi connectivity index (χ1n) is 9.13. The molecular formula is C20H25N3OS2. The highest BCUT2D eigenvalue weighted by Crippen LogP contribution is 2.39. The Labute approximate surface area is 162 Å². The molecule has 0 spiro atoms. The summed E-state index contributed by atoms with van der Waals surface area (Å²) >= 11 is 3.40. The van der Waals surface area contributed by atoms with Gasteiger partial charge in [-0.25, -0.2) is 9.97 Å². The van der Waals surface area contributed by atoms with E-state index < -0.39 is 0 Å². The van der Waals surface area contributed by atoms with Crippen LogP contribution < -0.4 is 10.1 Å². The Morgan fingerprint density at radius 2 is 2.12 bits per heavy atom. The summed E-state index contributed by atoms with van der Waals surface area (Å²) in [5, 5.41) is 4.58. The number of aromatic nitrogens is 2. The van der Waals surface area contributed by atoms with Crippen molar-refractivity contribution < 1.29 is 4.74 Å². The van der Waals surface area contributed by atoms with Gasteiger partial charge in [0, 0.05) is 24.1 Å². The number of benzene rings is 1. The summed E-state index contributed by atoms with van der Waals surface area (Å²) in [6, 6.07) is 4.32. The van der Waals surface area contributed by atoms with Crippen LogP contribution in [0.25, 0.3) is 20.7 Å². The second-order valence-electron chi connectivity index (χ2n) is 8.03. The van der Waals surface area contributed by atoms with Crippen molar-refractivity contribution in [2.75, 3.05) is 13.1 Å². The summed E-state index contributed by atoms with van der Waals surface area (Å²) in [6.07, 6.45) is 3.35. The quantitative estimate of drug-likeness (QED) is 0.677. The van der Waals surface area contributed by atoms with Crippen LogP contribution in [0.1, 0.15) is 39.1 Å². The highest BCUT2D eigenvalue weighted by molar-refractivity contribution is 7.17. The van der Waals surface area contributed by atoms with E-state index >= 15 is 0 Å². The number of ether oxygens (including phenoxy) is 1. The fourth-order valence-corrected chi connectivity index (χ4v) is 4.98. The summed E-state index contributed by atoms with van der Waals surface area (Å²) < 4.78 is 7.55. The van der Waals surface area contributed by atoms with Crippen molar-refractivity contribution in [3.05, 3.63) is 28.8 Å². The minimum atomic E-state index is 0.0664. The van der Waals surface area contributed by atoms with Crippen molar-refractivity contribution in [1.82, 2.24) is 15.3 Å². The van der Waals surface area contributed by atoms with Crippen LogP contribution in [0.2, 0.25) is 0 Å². The van der Waals surface area contributed by atoms with Crippen molar-refractivity contribution in [1.29, 1.82) is 0 Å². The largest absolute Gasteiger partial charge is 0.489 e. The summed E-state index contributed by atoms with van der Waals surface area (Å²) in [5.41, 5.74) is 4.11. The molecule has 1 N–H and O–H groups in total. The normalized spacial score (nSPS) is 19.2. The van der Waals surface area contributed by atoms with Gasteiger partial charge in [0.15, 0.2) is 0 Å². The Morgan fingerprint density at radius 3 is 2.81 bits per heavy atom. The van der Waals surface area contributed by atoms with Gasteiger partial charge in [0.2, 0.25) is 0 Å². The van der Waals surface area contributed by atoms with Crippen molar-refractivity contribution in [2.24, 2.45) is 5.92 Å². The third kappa shape index (κ3) is 3.50. The summed E-state index contributed by atoms with van der Waals surface area (Å²) in [6.45, 7) is 10.9. The fourth-order valence-electron chi connectivity index (χ4n) is 3.30. The highest BCUT2D eigenvalue weighted by Gasteiger charge is 2.24.